The molecular weight excluding hydrogens is 537 g/mol. The van der Waals surface area contributed by atoms with Crippen LogP contribution >= 0.6 is 11.6 Å². The highest BCUT2D eigenvalue weighted by atomic mass is 35.5. The lowest BCUT2D eigenvalue weighted by molar-refractivity contribution is -0.135. The van der Waals surface area contributed by atoms with Gasteiger partial charge in [-0.25, -0.2) is 9.37 Å². The van der Waals surface area contributed by atoms with Crippen molar-refractivity contribution in [1.82, 2.24) is 19.7 Å². The quantitative estimate of drug-likeness (QED) is 0.225. The predicted molar refractivity (Wildman–Crippen MR) is 147 cm³/mol. The van der Waals surface area contributed by atoms with E-state index in [1.807, 2.05) is 0 Å². The first-order valence-electron chi connectivity index (χ1n) is 12.7. The zero-order chi connectivity index (χ0) is 28.4. The van der Waals surface area contributed by atoms with E-state index in [9.17, 15) is 23.6 Å². The Labute approximate surface area is 233 Å². The van der Waals surface area contributed by atoms with Gasteiger partial charge in [-0.15, -0.1) is 0 Å². The monoisotopic (exact) mass is 561 g/mol. The third kappa shape index (κ3) is 6.23. The van der Waals surface area contributed by atoms with Crippen LogP contribution in [-0.4, -0.2) is 55.6 Å². The van der Waals surface area contributed by atoms with E-state index >= 15 is 0 Å². The van der Waals surface area contributed by atoms with Gasteiger partial charge in [-0.05, 0) is 54.8 Å². The maximum absolute atomic E-state index is 13.6. The van der Waals surface area contributed by atoms with Gasteiger partial charge >= 0.3 is 0 Å². The Morgan fingerprint density at radius 3 is 2.55 bits per heavy atom. The van der Waals surface area contributed by atoms with Crippen molar-refractivity contribution in [2.45, 2.75) is 38.8 Å². The summed E-state index contributed by atoms with van der Waals surface area (Å²) in [7, 11) is 0. The van der Waals surface area contributed by atoms with Crippen LogP contribution in [0.15, 0.2) is 60.7 Å². The highest BCUT2D eigenvalue weighted by molar-refractivity contribution is 6.29. The van der Waals surface area contributed by atoms with E-state index in [2.05, 4.69) is 15.4 Å². The van der Waals surface area contributed by atoms with Crippen molar-refractivity contribution in [3.63, 3.8) is 0 Å². The van der Waals surface area contributed by atoms with E-state index in [1.54, 1.807) is 42.5 Å². The van der Waals surface area contributed by atoms with Crippen LogP contribution in [0.25, 0.3) is 10.9 Å². The molecule has 1 N–H and O–H groups in total. The molecule has 0 radical (unpaired) electrons. The van der Waals surface area contributed by atoms with Crippen LogP contribution in [0, 0.1) is 5.82 Å². The van der Waals surface area contributed by atoms with E-state index in [0.29, 0.717) is 16.5 Å². The van der Waals surface area contributed by atoms with Crippen molar-refractivity contribution in [2.75, 3.05) is 11.9 Å². The molecule has 0 bridgehead atoms. The molecule has 2 amide bonds. The minimum absolute atomic E-state index is 0.00685. The molecule has 0 saturated heterocycles. The number of carbonyl (C=O) groups is 4. The molecule has 0 spiro atoms. The number of halogens is 2. The molecule has 2 aromatic heterocycles. The summed E-state index contributed by atoms with van der Waals surface area (Å²) in [4.78, 5) is 56.6. The number of rotatable bonds is 10. The third-order valence-electron chi connectivity index (χ3n) is 6.55. The lowest BCUT2D eigenvalue weighted by atomic mass is 10.0. The third-order valence-corrected chi connectivity index (χ3v) is 6.76. The number of hydrogen-bond acceptors (Lipinski definition) is 6. The van der Waals surface area contributed by atoms with Crippen LogP contribution < -0.4 is 5.32 Å². The molecule has 0 atom stereocenters. The molecule has 11 heteroatoms. The average molecular weight is 562 g/mol. The molecule has 40 heavy (non-hydrogen) atoms. The van der Waals surface area contributed by atoms with Crippen molar-refractivity contribution in [2.24, 2.45) is 0 Å². The van der Waals surface area contributed by atoms with Crippen LogP contribution in [-0.2, 0) is 22.6 Å². The van der Waals surface area contributed by atoms with Gasteiger partial charge in [-0.3, -0.25) is 23.9 Å². The summed E-state index contributed by atoms with van der Waals surface area (Å²) in [6.07, 6.45) is 1.58. The number of Topliss-reactive ketones (excluding diaryl/α,β-unsaturated/α-hetero) is 2. The molecule has 1 fully saturated rings. The second kappa shape index (κ2) is 11.4. The Morgan fingerprint density at radius 2 is 1.85 bits per heavy atom. The Kier molecular flexibility index (Phi) is 7.70. The van der Waals surface area contributed by atoms with Crippen LogP contribution in [0.4, 0.5) is 10.2 Å². The zero-order valence-corrected chi connectivity index (χ0v) is 22.3. The van der Waals surface area contributed by atoms with Gasteiger partial charge in [0, 0.05) is 30.3 Å². The highest BCUT2D eigenvalue weighted by Crippen LogP contribution is 2.28. The minimum Gasteiger partial charge on any atom is -0.329 e. The van der Waals surface area contributed by atoms with Crippen molar-refractivity contribution in [3.05, 3.63) is 88.5 Å². The zero-order valence-electron chi connectivity index (χ0n) is 21.6. The second-order valence-electron chi connectivity index (χ2n) is 9.67. The van der Waals surface area contributed by atoms with Crippen molar-refractivity contribution in [3.8, 4) is 0 Å². The first-order valence-corrected chi connectivity index (χ1v) is 13.1. The molecule has 0 aliphatic heterocycles. The summed E-state index contributed by atoms with van der Waals surface area (Å²) >= 11 is 5.88. The summed E-state index contributed by atoms with van der Waals surface area (Å²) < 4.78 is 15.0. The summed E-state index contributed by atoms with van der Waals surface area (Å²) in [5.74, 6) is -1.49. The van der Waals surface area contributed by atoms with E-state index < -0.39 is 11.7 Å². The van der Waals surface area contributed by atoms with E-state index in [4.69, 9.17) is 11.6 Å². The van der Waals surface area contributed by atoms with Gasteiger partial charge < -0.3 is 10.2 Å². The number of fused-ring (bicyclic) bond motifs is 1. The second-order valence-corrected chi connectivity index (χ2v) is 10.1. The fourth-order valence-electron chi connectivity index (χ4n) is 4.51. The topological polar surface area (TPSA) is 114 Å². The lowest BCUT2D eigenvalue weighted by Crippen LogP contribution is -2.41. The normalized spacial score (nSPS) is 12.8. The SMILES string of the molecule is CC(=O)c1nn(CC(=O)N(CC(=O)Nc2cccc(Cl)n2)C2CC2)c2ccc(CC(=O)c3cccc(F)c3)cc12. The molecule has 2 aromatic carbocycles. The van der Waals surface area contributed by atoms with Crippen molar-refractivity contribution < 1.29 is 23.6 Å². The largest absolute Gasteiger partial charge is 0.329 e. The van der Waals surface area contributed by atoms with Crippen LogP contribution in [0.3, 0.4) is 0 Å². The van der Waals surface area contributed by atoms with Gasteiger partial charge in [0.1, 0.15) is 35.6 Å². The standard InChI is InChI=1S/C29H25ClFN5O4/c1-17(37)29-22-12-18(13-24(38)19-4-2-5-20(31)14-19)8-11-23(22)36(34-29)16-28(40)35(21-9-10-21)15-27(39)33-26-7-3-6-25(30)32-26/h2-8,11-12,14,21H,9-10,13,15-16H2,1H3,(H,32,33,39). The van der Waals surface area contributed by atoms with Crippen LogP contribution in [0.1, 0.15) is 46.2 Å². The smallest absolute Gasteiger partial charge is 0.245 e. The number of anilines is 1. The number of aromatic nitrogens is 3. The average Bonchev–Trinajstić information content (AvgIpc) is 3.69. The molecule has 1 aliphatic rings. The van der Waals surface area contributed by atoms with Crippen molar-refractivity contribution in [1.29, 1.82) is 0 Å². The molecule has 2 heterocycles. The number of pyridine rings is 1. The minimum atomic E-state index is -0.495. The number of nitrogens with one attached hydrogen (secondary N) is 1. The Hall–Kier alpha value is -4.44. The molecule has 1 aliphatic carbocycles. The van der Waals surface area contributed by atoms with Gasteiger partial charge in [0.2, 0.25) is 11.8 Å². The van der Waals surface area contributed by atoms with Gasteiger partial charge in [-0.2, -0.15) is 5.10 Å². The molecule has 5 rings (SSSR count). The Bertz CT molecular complexity index is 1650. The van der Waals surface area contributed by atoms with Crippen LogP contribution in [0.5, 0.6) is 0 Å². The van der Waals surface area contributed by atoms with Gasteiger partial charge in [-0.1, -0.05) is 35.9 Å². The molecule has 9 nitrogen and oxygen atoms in total. The maximum Gasteiger partial charge on any atom is 0.245 e. The van der Waals surface area contributed by atoms with E-state index in [-0.39, 0.29) is 65.3 Å². The number of hydrogen-bond donors (Lipinski definition) is 1. The Balaban J connectivity index is 1.34. The summed E-state index contributed by atoms with van der Waals surface area (Å²) in [6, 6.07) is 15.4. The first kappa shape index (κ1) is 27.1. The highest BCUT2D eigenvalue weighted by Gasteiger charge is 2.34. The molecule has 204 valence electrons. The number of nitrogens with zero attached hydrogens (tertiary/aromatic N) is 4. The number of ketones is 2. The number of amides is 2. The summed E-state index contributed by atoms with van der Waals surface area (Å²) in [5.41, 5.74) is 1.60. The maximum atomic E-state index is 13.6. The molecule has 4 aromatic rings. The molecular formula is C29H25ClFN5O4. The van der Waals surface area contributed by atoms with Crippen LogP contribution in [0.2, 0.25) is 5.15 Å². The fraction of sp³-hybridized carbons (Fsp3) is 0.241. The number of carbonyl (C=O) groups excluding carboxylic acids is 4. The summed E-state index contributed by atoms with van der Waals surface area (Å²) in [6.45, 7) is 1.04. The Morgan fingerprint density at radius 1 is 1.07 bits per heavy atom. The number of benzene rings is 2. The molecule has 0 unspecified atom stereocenters. The van der Waals surface area contributed by atoms with E-state index in [1.165, 1.54) is 34.7 Å². The van der Waals surface area contributed by atoms with Gasteiger partial charge in [0.15, 0.2) is 11.6 Å². The van der Waals surface area contributed by atoms with Crippen molar-refractivity contribution >= 4 is 51.7 Å². The fourth-order valence-corrected chi connectivity index (χ4v) is 4.67. The molecule has 1 saturated carbocycles. The van der Waals surface area contributed by atoms with Gasteiger partial charge in [0.05, 0.1) is 5.52 Å². The first-order chi connectivity index (χ1) is 19.2. The lowest BCUT2D eigenvalue weighted by Gasteiger charge is -2.22. The van der Waals surface area contributed by atoms with E-state index in [0.717, 1.165) is 12.8 Å². The predicted octanol–water partition coefficient (Wildman–Crippen LogP) is 4.48. The van der Waals surface area contributed by atoms with Gasteiger partial charge in [0.25, 0.3) is 0 Å². The summed E-state index contributed by atoms with van der Waals surface area (Å²) in [5, 5.41) is 7.80.